The van der Waals surface area contributed by atoms with E-state index in [2.05, 4.69) is 57.1 Å². The average Bonchev–Trinajstić information content (AvgIpc) is 2.73. The van der Waals surface area contributed by atoms with Gasteiger partial charge in [0.05, 0.1) is 20.3 Å². The average molecular weight is 409 g/mol. The summed E-state index contributed by atoms with van der Waals surface area (Å²) in [5, 5.41) is 3.53. The number of hydrogen-bond acceptors (Lipinski definition) is 8. The summed E-state index contributed by atoms with van der Waals surface area (Å²) in [5.41, 5.74) is 10.4. The van der Waals surface area contributed by atoms with E-state index in [1.807, 2.05) is 24.3 Å². The van der Waals surface area contributed by atoms with Crippen LogP contribution in [0.2, 0.25) is 0 Å². The highest BCUT2D eigenvalue weighted by Crippen LogP contribution is 2.27. The SMILES string of the molecule is COc1ccc(N2C(N3CCOCC3)=NC(N)=NC2Nc2cc(C)cc(C)c2)cc1. The Hall–Kier alpha value is -3.26. The van der Waals surface area contributed by atoms with Crippen molar-refractivity contribution in [3.05, 3.63) is 53.6 Å². The fraction of sp³-hybridized carbons (Fsp3) is 0.364. The lowest BCUT2D eigenvalue weighted by atomic mass is 10.1. The molecular formula is C22H28N6O2. The maximum Gasteiger partial charge on any atom is 0.222 e. The normalized spacial score (nSPS) is 19.2. The van der Waals surface area contributed by atoms with Gasteiger partial charge in [0, 0.05) is 24.5 Å². The molecule has 2 aliphatic heterocycles. The van der Waals surface area contributed by atoms with E-state index in [-0.39, 0.29) is 5.96 Å². The van der Waals surface area contributed by atoms with Crippen molar-refractivity contribution in [3.63, 3.8) is 0 Å². The number of anilines is 2. The van der Waals surface area contributed by atoms with Crippen LogP contribution in [0.5, 0.6) is 5.75 Å². The number of hydrogen-bond donors (Lipinski definition) is 2. The minimum absolute atomic E-state index is 0.253. The van der Waals surface area contributed by atoms with Crippen LogP contribution in [0.25, 0.3) is 0 Å². The van der Waals surface area contributed by atoms with E-state index in [4.69, 9.17) is 15.2 Å². The van der Waals surface area contributed by atoms with Crippen molar-refractivity contribution in [2.75, 3.05) is 43.6 Å². The van der Waals surface area contributed by atoms with Crippen LogP contribution in [-0.2, 0) is 4.74 Å². The van der Waals surface area contributed by atoms with E-state index in [9.17, 15) is 0 Å². The van der Waals surface area contributed by atoms with Crippen LogP contribution in [-0.4, -0.2) is 56.5 Å². The highest BCUT2D eigenvalue weighted by Gasteiger charge is 2.32. The molecular weight excluding hydrogens is 380 g/mol. The van der Waals surface area contributed by atoms with Crippen molar-refractivity contribution in [2.45, 2.75) is 20.1 Å². The summed E-state index contributed by atoms with van der Waals surface area (Å²) in [6.45, 7) is 6.96. The highest BCUT2D eigenvalue weighted by molar-refractivity contribution is 6.06. The third-order valence-corrected chi connectivity index (χ3v) is 5.09. The van der Waals surface area contributed by atoms with Gasteiger partial charge in [-0.25, -0.2) is 4.99 Å². The number of ether oxygens (including phenoxy) is 2. The number of methoxy groups -OCH3 is 1. The Bertz CT molecular complexity index is 930. The van der Waals surface area contributed by atoms with Crippen molar-refractivity contribution in [2.24, 2.45) is 15.7 Å². The number of nitrogens with one attached hydrogen (secondary N) is 1. The minimum atomic E-state index is -0.435. The number of morpholine rings is 1. The molecule has 30 heavy (non-hydrogen) atoms. The first-order valence-corrected chi connectivity index (χ1v) is 10.1. The summed E-state index contributed by atoms with van der Waals surface area (Å²) in [4.78, 5) is 13.5. The Balaban J connectivity index is 1.72. The van der Waals surface area contributed by atoms with Gasteiger partial charge in [-0.05, 0) is 61.4 Å². The number of benzene rings is 2. The van der Waals surface area contributed by atoms with Crippen molar-refractivity contribution in [1.82, 2.24) is 4.90 Å². The molecule has 8 nitrogen and oxygen atoms in total. The predicted molar refractivity (Wildman–Crippen MR) is 120 cm³/mol. The number of aryl methyl sites for hydroxylation is 2. The van der Waals surface area contributed by atoms with E-state index < -0.39 is 6.29 Å². The van der Waals surface area contributed by atoms with E-state index in [1.165, 1.54) is 11.1 Å². The fourth-order valence-corrected chi connectivity index (χ4v) is 3.77. The fourth-order valence-electron chi connectivity index (χ4n) is 3.77. The van der Waals surface area contributed by atoms with Gasteiger partial charge < -0.3 is 25.4 Å². The van der Waals surface area contributed by atoms with Crippen molar-refractivity contribution < 1.29 is 9.47 Å². The van der Waals surface area contributed by atoms with Gasteiger partial charge in [-0.2, -0.15) is 4.99 Å². The first kappa shape index (κ1) is 20.0. The Labute approximate surface area is 177 Å². The van der Waals surface area contributed by atoms with Crippen molar-refractivity contribution >= 4 is 23.3 Å². The molecule has 2 aliphatic rings. The number of guanidine groups is 2. The molecule has 0 saturated carbocycles. The lowest BCUT2D eigenvalue weighted by molar-refractivity contribution is 0.0671. The largest absolute Gasteiger partial charge is 0.497 e. The van der Waals surface area contributed by atoms with Crippen LogP contribution in [0.4, 0.5) is 11.4 Å². The van der Waals surface area contributed by atoms with Gasteiger partial charge in [0.25, 0.3) is 0 Å². The molecule has 8 heteroatoms. The van der Waals surface area contributed by atoms with Gasteiger partial charge >= 0.3 is 0 Å². The molecule has 0 aliphatic carbocycles. The smallest absolute Gasteiger partial charge is 0.222 e. The van der Waals surface area contributed by atoms with Crippen molar-refractivity contribution in [1.29, 1.82) is 0 Å². The van der Waals surface area contributed by atoms with Gasteiger partial charge in [-0.15, -0.1) is 0 Å². The maximum absolute atomic E-state index is 6.14. The van der Waals surface area contributed by atoms with Crippen LogP contribution in [0.15, 0.2) is 52.4 Å². The Morgan fingerprint density at radius 3 is 2.37 bits per heavy atom. The highest BCUT2D eigenvalue weighted by atomic mass is 16.5. The lowest BCUT2D eigenvalue weighted by Gasteiger charge is -2.41. The Kier molecular flexibility index (Phi) is 5.76. The first-order chi connectivity index (χ1) is 14.5. The molecule has 1 unspecified atom stereocenters. The van der Waals surface area contributed by atoms with Crippen LogP contribution >= 0.6 is 0 Å². The molecule has 2 aromatic carbocycles. The zero-order valence-electron chi connectivity index (χ0n) is 17.6. The molecule has 2 aromatic rings. The predicted octanol–water partition coefficient (Wildman–Crippen LogP) is 2.53. The van der Waals surface area contributed by atoms with E-state index in [1.54, 1.807) is 7.11 Å². The molecule has 2 heterocycles. The zero-order chi connectivity index (χ0) is 21.1. The van der Waals surface area contributed by atoms with Gasteiger partial charge in [0.15, 0.2) is 0 Å². The number of rotatable bonds is 4. The third kappa shape index (κ3) is 4.33. The summed E-state index contributed by atoms with van der Waals surface area (Å²) in [6.07, 6.45) is -0.435. The number of aliphatic imine (C=N–C) groups is 2. The monoisotopic (exact) mass is 408 g/mol. The third-order valence-electron chi connectivity index (χ3n) is 5.09. The van der Waals surface area contributed by atoms with Gasteiger partial charge in [0.1, 0.15) is 5.75 Å². The van der Waals surface area contributed by atoms with Crippen LogP contribution in [0.1, 0.15) is 11.1 Å². The summed E-state index contributed by atoms with van der Waals surface area (Å²) in [5.74, 6) is 1.81. The quantitative estimate of drug-likeness (QED) is 0.808. The summed E-state index contributed by atoms with van der Waals surface area (Å²) in [6, 6.07) is 14.2. The van der Waals surface area contributed by atoms with Gasteiger partial charge in [0.2, 0.25) is 18.2 Å². The zero-order valence-corrected chi connectivity index (χ0v) is 17.6. The van der Waals surface area contributed by atoms with Crippen LogP contribution in [0, 0.1) is 13.8 Å². The number of nitrogens with two attached hydrogens (primary N) is 1. The second kappa shape index (κ2) is 8.62. The molecule has 0 amide bonds. The minimum Gasteiger partial charge on any atom is -0.497 e. The molecule has 0 bridgehead atoms. The summed E-state index contributed by atoms with van der Waals surface area (Å²) >= 11 is 0. The summed E-state index contributed by atoms with van der Waals surface area (Å²) in [7, 11) is 1.66. The molecule has 4 rings (SSSR count). The Morgan fingerprint density at radius 1 is 1.07 bits per heavy atom. The van der Waals surface area contributed by atoms with E-state index in [0.717, 1.165) is 36.2 Å². The number of nitrogens with zero attached hydrogens (tertiary/aromatic N) is 4. The topological polar surface area (TPSA) is 87.7 Å². The molecule has 1 atom stereocenters. The maximum atomic E-state index is 6.14. The second-order valence-corrected chi connectivity index (χ2v) is 7.46. The molecule has 1 fully saturated rings. The summed E-state index contributed by atoms with van der Waals surface area (Å²) < 4.78 is 10.9. The van der Waals surface area contributed by atoms with E-state index >= 15 is 0 Å². The molecule has 0 spiro atoms. The van der Waals surface area contributed by atoms with Crippen LogP contribution < -0.4 is 20.7 Å². The second-order valence-electron chi connectivity index (χ2n) is 7.46. The molecule has 3 N–H and O–H groups in total. The molecule has 158 valence electrons. The molecule has 0 aromatic heterocycles. The van der Waals surface area contributed by atoms with E-state index in [0.29, 0.717) is 13.2 Å². The molecule has 1 saturated heterocycles. The first-order valence-electron chi connectivity index (χ1n) is 10.1. The van der Waals surface area contributed by atoms with Gasteiger partial charge in [-0.1, -0.05) is 6.07 Å². The molecule has 0 radical (unpaired) electrons. The lowest BCUT2D eigenvalue weighted by Crippen LogP contribution is -2.57. The Morgan fingerprint density at radius 2 is 1.73 bits per heavy atom. The van der Waals surface area contributed by atoms with Crippen LogP contribution in [0.3, 0.4) is 0 Å². The standard InChI is InChI=1S/C22H28N6O2/c1-15-12-16(2)14-17(13-15)24-21-25-20(23)26-22(27-8-10-30-11-9-27)28(21)18-4-6-19(29-3)7-5-18/h4-7,12-14,21,24H,8-11H2,1-3H3,(H2,23,25). The van der Waals surface area contributed by atoms with Gasteiger partial charge in [-0.3, -0.25) is 4.90 Å². The van der Waals surface area contributed by atoms with Crippen molar-refractivity contribution in [3.8, 4) is 5.75 Å².